The second-order valence-electron chi connectivity index (χ2n) is 4.85. The molecule has 2 aromatic rings. The van der Waals surface area contributed by atoms with Crippen LogP contribution in [0.4, 0.5) is 0 Å². The molecule has 0 radical (unpaired) electrons. The van der Waals surface area contributed by atoms with Crippen molar-refractivity contribution in [1.82, 2.24) is 4.98 Å². The molecule has 5 nitrogen and oxygen atoms in total. The lowest BCUT2D eigenvalue weighted by Crippen LogP contribution is -2.23. The number of thiazole rings is 1. The Labute approximate surface area is 149 Å². The molecule has 0 aliphatic heterocycles. The van der Waals surface area contributed by atoms with Gasteiger partial charge in [-0.15, -0.1) is 17.9 Å². The minimum absolute atomic E-state index is 0.109. The second kappa shape index (κ2) is 9.42. The minimum Gasteiger partial charge on any atom is -0.486 e. The van der Waals surface area contributed by atoms with Gasteiger partial charge in [0.2, 0.25) is 0 Å². The molecule has 0 spiro atoms. The summed E-state index contributed by atoms with van der Waals surface area (Å²) in [7, 11) is 0. The summed E-state index contributed by atoms with van der Waals surface area (Å²) in [6.07, 6.45) is 0.950. The third kappa shape index (κ3) is 5.96. The summed E-state index contributed by atoms with van der Waals surface area (Å²) in [4.78, 5) is 16.1. The van der Waals surface area contributed by atoms with Gasteiger partial charge in [0, 0.05) is 10.4 Å². The van der Waals surface area contributed by atoms with Crippen molar-refractivity contribution in [2.75, 3.05) is 6.61 Å². The SMILES string of the molecule is C=CCOC(C)C(=O)OCc1csc(COc2ccc(Cl)cc2)n1. The van der Waals surface area contributed by atoms with Crippen LogP contribution in [-0.2, 0) is 27.5 Å². The average molecular weight is 368 g/mol. The summed E-state index contributed by atoms with van der Waals surface area (Å²) >= 11 is 7.27. The average Bonchev–Trinajstić information content (AvgIpc) is 3.05. The van der Waals surface area contributed by atoms with Gasteiger partial charge in [-0.3, -0.25) is 0 Å². The zero-order chi connectivity index (χ0) is 17.4. The zero-order valence-corrected chi connectivity index (χ0v) is 14.8. The van der Waals surface area contributed by atoms with E-state index in [0.29, 0.717) is 23.9 Å². The van der Waals surface area contributed by atoms with Crippen LogP contribution in [-0.4, -0.2) is 23.7 Å². The number of carbonyl (C=O) groups is 1. The predicted octanol–water partition coefficient (Wildman–Crippen LogP) is 4.01. The molecular weight excluding hydrogens is 350 g/mol. The summed E-state index contributed by atoms with van der Waals surface area (Å²) in [5, 5.41) is 3.29. The van der Waals surface area contributed by atoms with Gasteiger partial charge in [-0.1, -0.05) is 17.7 Å². The number of hydrogen-bond acceptors (Lipinski definition) is 6. The van der Waals surface area contributed by atoms with Crippen LogP contribution in [0.2, 0.25) is 5.02 Å². The van der Waals surface area contributed by atoms with Gasteiger partial charge in [-0.05, 0) is 31.2 Å². The van der Waals surface area contributed by atoms with E-state index in [4.69, 9.17) is 25.8 Å². The van der Waals surface area contributed by atoms with Crippen LogP contribution in [0.25, 0.3) is 0 Å². The topological polar surface area (TPSA) is 57.7 Å². The summed E-state index contributed by atoms with van der Waals surface area (Å²) < 4.78 is 16.0. The first-order valence-electron chi connectivity index (χ1n) is 7.29. The first-order chi connectivity index (χ1) is 11.6. The van der Waals surface area contributed by atoms with Crippen LogP contribution in [0.15, 0.2) is 42.3 Å². The van der Waals surface area contributed by atoms with Gasteiger partial charge in [0.25, 0.3) is 0 Å². The summed E-state index contributed by atoms with van der Waals surface area (Å²) in [5.41, 5.74) is 0.680. The Kier molecular flexibility index (Phi) is 7.24. The highest BCUT2D eigenvalue weighted by atomic mass is 35.5. The van der Waals surface area contributed by atoms with Gasteiger partial charge < -0.3 is 14.2 Å². The third-order valence-corrected chi connectivity index (χ3v) is 4.06. The molecule has 0 bridgehead atoms. The van der Waals surface area contributed by atoms with E-state index in [1.807, 2.05) is 5.38 Å². The van der Waals surface area contributed by atoms with Crippen LogP contribution in [0.5, 0.6) is 5.75 Å². The van der Waals surface area contributed by atoms with Crippen molar-refractivity contribution in [3.8, 4) is 5.75 Å². The van der Waals surface area contributed by atoms with E-state index in [2.05, 4.69) is 11.6 Å². The number of esters is 1. The molecule has 0 aliphatic rings. The van der Waals surface area contributed by atoms with Gasteiger partial charge in [-0.2, -0.15) is 0 Å². The van der Waals surface area contributed by atoms with E-state index in [0.717, 1.165) is 10.8 Å². The Morgan fingerprint density at radius 2 is 2.12 bits per heavy atom. The van der Waals surface area contributed by atoms with Crippen LogP contribution >= 0.6 is 22.9 Å². The Hall–Kier alpha value is -1.89. The molecule has 1 atom stereocenters. The van der Waals surface area contributed by atoms with E-state index in [1.54, 1.807) is 37.3 Å². The fourth-order valence-electron chi connectivity index (χ4n) is 1.70. The van der Waals surface area contributed by atoms with Crippen molar-refractivity contribution in [3.05, 3.63) is 58.0 Å². The molecule has 0 amide bonds. The Morgan fingerprint density at radius 1 is 1.38 bits per heavy atom. The molecule has 128 valence electrons. The van der Waals surface area contributed by atoms with Gasteiger partial charge in [0.1, 0.15) is 24.0 Å². The largest absolute Gasteiger partial charge is 0.486 e. The fraction of sp³-hybridized carbons (Fsp3) is 0.294. The van der Waals surface area contributed by atoms with Gasteiger partial charge in [-0.25, -0.2) is 9.78 Å². The number of ether oxygens (including phenoxy) is 3. The molecule has 1 aromatic heterocycles. The van der Waals surface area contributed by atoms with Crippen LogP contribution in [0, 0.1) is 0 Å². The predicted molar refractivity (Wildman–Crippen MR) is 93.3 cm³/mol. The first kappa shape index (κ1) is 18.4. The maximum atomic E-state index is 11.7. The highest BCUT2D eigenvalue weighted by Crippen LogP contribution is 2.18. The number of halogens is 1. The van der Waals surface area contributed by atoms with E-state index in [-0.39, 0.29) is 6.61 Å². The lowest BCUT2D eigenvalue weighted by molar-refractivity contribution is -0.156. The lowest BCUT2D eigenvalue weighted by Gasteiger charge is -2.10. The van der Waals surface area contributed by atoms with E-state index in [9.17, 15) is 4.79 Å². The van der Waals surface area contributed by atoms with Crippen LogP contribution in [0.3, 0.4) is 0 Å². The molecule has 0 saturated heterocycles. The zero-order valence-electron chi connectivity index (χ0n) is 13.2. The van der Waals surface area contributed by atoms with Crippen molar-refractivity contribution in [2.24, 2.45) is 0 Å². The third-order valence-electron chi connectivity index (χ3n) is 2.93. The number of carbonyl (C=O) groups excluding carboxylic acids is 1. The Morgan fingerprint density at radius 3 is 2.83 bits per heavy atom. The van der Waals surface area contributed by atoms with E-state index < -0.39 is 12.1 Å². The molecule has 1 aromatic carbocycles. The standard InChI is InChI=1S/C17H18ClNO4S/c1-3-8-21-12(2)17(20)23-9-14-11-24-16(19-14)10-22-15-6-4-13(18)5-7-15/h3-7,11-12H,1,8-10H2,2H3. The molecule has 1 heterocycles. The number of rotatable bonds is 9. The maximum Gasteiger partial charge on any atom is 0.335 e. The number of aromatic nitrogens is 1. The van der Waals surface area contributed by atoms with Crippen molar-refractivity contribution in [2.45, 2.75) is 26.2 Å². The fourth-order valence-corrected chi connectivity index (χ4v) is 2.52. The highest BCUT2D eigenvalue weighted by Gasteiger charge is 2.15. The van der Waals surface area contributed by atoms with E-state index >= 15 is 0 Å². The van der Waals surface area contributed by atoms with Crippen molar-refractivity contribution >= 4 is 28.9 Å². The van der Waals surface area contributed by atoms with Crippen LogP contribution < -0.4 is 4.74 Å². The molecule has 0 saturated carbocycles. The minimum atomic E-state index is -0.630. The molecule has 2 rings (SSSR count). The lowest BCUT2D eigenvalue weighted by atomic mass is 10.3. The second-order valence-corrected chi connectivity index (χ2v) is 6.23. The van der Waals surface area contributed by atoms with Gasteiger partial charge in [0.05, 0.1) is 12.3 Å². The van der Waals surface area contributed by atoms with Crippen molar-refractivity contribution in [3.63, 3.8) is 0 Å². The quantitative estimate of drug-likeness (QED) is 0.495. The number of benzene rings is 1. The maximum absolute atomic E-state index is 11.7. The summed E-state index contributed by atoms with van der Waals surface area (Å²) in [6.45, 7) is 5.93. The van der Waals surface area contributed by atoms with Crippen molar-refractivity contribution < 1.29 is 19.0 Å². The summed E-state index contributed by atoms with van der Waals surface area (Å²) in [5.74, 6) is 0.291. The van der Waals surface area contributed by atoms with Crippen molar-refractivity contribution in [1.29, 1.82) is 0 Å². The molecule has 0 aliphatic carbocycles. The molecule has 0 N–H and O–H groups in total. The number of nitrogens with zero attached hydrogens (tertiary/aromatic N) is 1. The number of hydrogen-bond donors (Lipinski definition) is 0. The molecule has 0 fully saturated rings. The molecule has 1 unspecified atom stereocenters. The van der Waals surface area contributed by atoms with E-state index in [1.165, 1.54) is 11.3 Å². The highest BCUT2D eigenvalue weighted by molar-refractivity contribution is 7.09. The monoisotopic (exact) mass is 367 g/mol. The molecular formula is C17H18ClNO4S. The van der Waals surface area contributed by atoms with Gasteiger partial charge >= 0.3 is 5.97 Å². The summed E-state index contributed by atoms with van der Waals surface area (Å²) in [6, 6.07) is 7.12. The Bertz CT molecular complexity index is 671. The molecule has 7 heteroatoms. The van der Waals surface area contributed by atoms with Crippen LogP contribution in [0.1, 0.15) is 17.6 Å². The van der Waals surface area contributed by atoms with Gasteiger partial charge in [0.15, 0.2) is 6.10 Å². The normalized spacial score (nSPS) is 11.8. The smallest absolute Gasteiger partial charge is 0.335 e. The first-order valence-corrected chi connectivity index (χ1v) is 8.55. The Balaban J connectivity index is 1.77. The molecule has 24 heavy (non-hydrogen) atoms.